The van der Waals surface area contributed by atoms with Gasteiger partial charge < -0.3 is 33.5 Å². The molecule has 11 rings (SSSR count). The zero-order valence-corrected chi connectivity index (χ0v) is 60.4. The maximum atomic E-state index is 10.3. The Hall–Kier alpha value is -5.53. The Balaban J connectivity index is 0.000000520. The Morgan fingerprint density at radius 3 is 1.25 bits per heavy atom. The number of carboxylic acids is 1. The lowest BCUT2D eigenvalue weighted by Gasteiger charge is -2.26. The van der Waals surface area contributed by atoms with Crippen LogP contribution < -0.4 is 0 Å². The van der Waals surface area contributed by atoms with Crippen molar-refractivity contribution in [3.8, 4) is 0 Å². The van der Waals surface area contributed by atoms with Gasteiger partial charge in [-0.25, -0.2) is 4.79 Å². The lowest BCUT2D eigenvalue weighted by Crippen LogP contribution is -2.27. The van der Waals surface area contributed by atoms with Crippen LogP contribution in [-0.2, 0) is 62.0 Å². The number of ether oxygens (including phenoxy) is 6. The van der Waals surface area contributed by atoms with Gasteiger partial charge in [-0.2, -0.15) is 0 Å². The maximum absolute atomic E-state index is 10.3. The summed E-state index contributed by atoms with van der Waals surface area (Å²) in [5, 5.41) is 7.83. The van der Waals surface area contributed by atoms with Gasteiger partial charge in [-0.15, -0.1) is 6.58 Å². The van der Waals surface area contributed by atoms with Gasteiger partial charge in [0, 0.05) is 18.4 Å². The first-order chi connectivity index (χ1) is 44.7. The number of fused-ring (bicyclic) bond motifs is 8. The third-order valence-electron chi connectivity index (χ3n) is 21.7. The normalized spacial score (nSPS) is 35.5. The first kappa shape index (κ1) is 85.5. The fraction of sp³-hybridized carbons (Fsp3) is 0.734. The zero-order valence-electron chi connectivity index (χ0n) is 60.4. The number of hydrogen-bond donors (Lipinski definition) is 1. The largest absolute Gasteiger partial charge is 0.478 e. The van der Waals surface area contributed by atoms with E-state index in [2.05, 4.69) is 150 Å². The molecular formula is C79H130O14. The molecule has 0 aliphatic heterocycles. The first-order valence-electron chi connectivity index (χ1n) is 36.0. The van der Waals surface area contributed by atoms with Crippen LogP contribution in [0.3, 0.4) is 0 Å². The van der Waals surface area contributed by atoms with Crippen LogP contribution in [0.4, 0.5) is 0 Å². The molecule has 0 radical (unpaired) electrons. The molecule has 0 saturated heterocycles. The lowest BCUT2D eigenvalue weighted by atomic mass is 9.88. The molecule has 8 bridgehead atoms. The number of carboxylic acid groups (broad SMARTS) is 1. The number of hydrogen-bond acceptors (Lipinski definition) is 13. The molecule has 93 heavy (non-hydrogen) atoms. The van der Waals surface area contributed by atoms with E-state index < -0.39 is 5.97 Å². The summed E-state index contributed by atoms with van der Waals surface area (Å²) in [6.45, 7) is 39.0. The molecule has 0 spiro atoms. The summed E-state index contributed by atoms with van der Waals surface area (Å²) >= 11 is 0. The summed E-state index contributed by atoms with van der Waals surface area (Å²) in [5.74, 6) is 10.5. The highest BCUT2D eigenvalue weighted by Gasteiger charge is 2.53. The summed E-state index contributed by atoms with van der Waals surface area (Å²) in [4.78, 5) is 70.3. The minimum atomic E-state index is -0.891. The minimum Gasteiger partial charge on any atom is -0.478 e. The van der Waals surface area contributed by atoms with Gasteiger partial charge in [-0.05, 0) is 231 Å². The number of carbonyl (C=O) groups excluding carboxylic acids is 6. The average molecular weight is 1300 g/mol. The highest BCUT2D eigenvalue weighted by molar-refractivity contribution is 5.79. The van der Waals surface area contributed by atoms with Crippen LogP contribution in [0.5, 0.6) is 0 Å². The van der Waals surface area contributed by atoms with Crippen molar-refractivity contribution in [1.29, 1.82) is 0 Å². The molecule has 0 heterocycles. The van der Waals surface area contributed by atoms with Crippen molar-refractivity contribution < 1.29 is 67.1 Å². The number of carbonyl (C=O) groups is 7. The summed E-state index contributed by atoms with van der Waals surface area (Å²) in [5.41, 5.74) is 0. The standard InChI is InChI=1S/2C10H16O2.C9H14O2.C9H12O2.C8H14O2.C8H12O2.C7H12.2C5H10.C4H6O2.C4H8/c2*1-6-8-3-4-9(6)10(7(8)2)12-5-11;2*1-6-7-2-3-8(4-7)9(6)11-5-10;2*1-7-4-2-3-5-8(7)10-6-9;1-7-5-3-2-4-6-7;2*1-3-5-4-2;1-2-3-4(5)6;1-3-4-2/h2*5-10H,3-4H2,1-2H3;5-9H,2-4H2,1H3;2-3,5-9H,4H2,1H3;6-8H,2-5H2,1H3;2-3,6-8H,4-5H2,1H3;2-3,7H,4-6H2,1H3;2*3,5H,4H2,1-2H3;2-3H,1H3,(H,5,6);3H,1,4H2,2H3/t2*6?,7-,8?,9?,10?;2*6-,7?,8?,9?;2*7-,8?;7-;;;;/m1111111..../s1. The van der Waals surface area contributed by atoms with E-state index in [1.54, 1.807) is 6.92 Å². The SMILES string of the molecule is C=CCC.CC1C2CCC1[C@@H](C)C2OC=O.CC1C2CCC1[C@@H](C)C2OC=O.CC=CC(=O)O.CC=CCC.CC=CCC.C[C@@H]1C2C=CC(C2)C1OC=O.C[C@@H]1C2CCC(C2)C1OC=O.C[C@@H]1CC=CCC1.C[C@@H]1CC=CCC1OC=O.C[C@@H]1CCCCC1OC=O. The van der Waals surface area contributed by atoms with E-state index in [4.69, 9.17) is 33.5 Å². The highest BCUT2D eigenvalue weighted by Crippen LogP contribution is 2.55. The maximum Gasteiger partial charge on any atom is 0.327 e. The number of rotatable bonds is 16. The molecule has 1 N–H and O–H groups in total. The van der Waals surface area contributed by atoms with Crippen molar-refractivity contribution in [2.24, 2.45) is 101 Å². The zero-order chi connectivity index (χ0) is 69.7. The van der Waals surface area contributed by atoms with Gasteiger partial charge >= 0.3 is 5.97 Å². The summed E-state index contributed by atoms with van der Waals surface area (Å²) < 4.78 is 30.1. The molecular weight excluding hydrogens is 1170 g/mol. The molecule has 0 aromatic rings. The molecule has 8 fully saturated rings. The van der Waals surface area contributed by atoms with Gasteiger partial charge in [-0.1, -0.05) is 162 Å². The summed E-state index contributed by atoms with van der Waals surface area (Å²) in [6.07, 6.45) is 51.5. The average Bonchev–Trinajstić information content (AvgIpc) is 1.70. The van der Waals surface area contributed by atoms with E-state index >= 15 is 0 Å². The smallest absolute Gasteiger partial charge is 0.327 e. The Kier molecular flexibility index (Phi) is 46.7. The Morgan fingerprint density at radius 1 is 0.441 bits per heavy atom. The van der Waals surface area contributed by atoms with Gasteiger partial charge in [0.1, 0.15) is 36.6 Å². The van der Waals surface area contributed by atoms with Crippen molar-refractivity contribution >= 4 is 44.8 Å². The van der Waals surface area contributed by atoms with Crippen LogP contribution in [-0.4, -0.2) is 86.5 Å². The molecule has 0 amide bonds. The molecule has 0 aromatic carbocycles. The van der Waals surface area contributed by atoms with Crippen molar-refractivity contribution in [3.05, 3.63) is 85.6 Å². The molecule has 8 saturated carbocycles. The second-order valence-electron chi connectivity index (χ2n) is 27.6. The van der Waals surface area contributed by atoms with Crippen molar-refractivity contribution in [3.63, 3.8) is 0 Å². The lowest BCUT2D eigenvalue weighted by molar-refractivity contribution is -0.139. The summed E-state index contributed by atoms with van der Waals surface area (Å²) in [6, 6.07) is 0. The van der Waals surface area contributed by atoms with Crippen LogP contribution in [0.15, 0.2) is 85.6 Å². The van der Waals surface area contributed by atoms with E-state index in [0.717, 1.165) is 80.1 Å². The minimum absolute atomic E-state index is 0.113. The topological polar surface area (TPSA) is 195 Å². The Labute approximate surface area is 564 Å². The predicted octanol–water partition coefficient (Wildman–Crippen LogP) is 18.4. The van der Waals surface area contributed by atoms with Crippen LogP contribution in [0, 0.1) is 101 Å². The molecule has 23 atom stereocenters. The van der Waals surface area contributed by atoms with Crippen LogP contribution >= 0.6 is 0 Å². The van der Waals surface area contributed by atoms with Gasteiger partial charge in [-0.3, -0.25) is 28.8 Å². The van der Waals surface area contributed by atoms with Crippen LogP contribution in [0.2, 0.25) is 0 Å². The van der Waals surface area contributed by atoms with Crippen molar-refractivity contribution in [2.75, 3.05) is 0 Å². The van der Waals surface area contributed by atoms with E-state index in [1.807, 2.05) is 19.9 Å². The fourth-order valence-electron chi connectivity index (χ4n) is 16.2. The van der Waals surface area contributed by atoms with Gasteiger partial charge in [0.15, 0.2) is 0 Å². The Bertz CT molecular complexity index is 2160. The first-order valence-corrected chi connectivity index (χ1v) is 36.0. The Morgan fingerprint density at radius 2 is 0.903 bits per heavy atom. The van der Waals surface area contributed by atoms with Gasteiger partial charge in [0.05, 0.1) is 0 Å². The van der Waals surface area contributed by atoms with Gasteiger partial charge in [0.2, 0.25) is 0 Å². The predicted molar refractivity (Wildman–Crippen MR) is 375 cm³/mol. The van der Waals surface area contributed by atoms with Crippen LogP contribution in [0.25, 0.3) is 0 Å². The molecule has 0 aromatic heterocycles. The second kappa shape index (κ2) is 50.8. The molecule has 16 unspecified atom stereocenters. The number of allylic oxidation sites excluding steroid dienone is 10. The van der Waals surface area contributed by atoms with E-state index in [1.165, 1.54) is 96.0 Å². The summed E-state index contributed by atoms with van der Waals surface area (Å²) in [7, 11) is 0. The van der Waals surface area contributed by atoms with E-state index in [-0.39, 0.29) is 36.6 Å². The second-order valence-corrected chi connectivity index (χ2v) is 27.6. The van der Waals surface area contributed by atoms with Crippen molar-refractivity contribution in [1.82, 2.24) is 0 Å². The van der Waals surface area contributed by atoms with Crippen LogP contribution in [0.1, 0.15) is 232 Å². The molecule has 14 heteroatoms. The molecule has 11 aliphatic rings. The third-order valence-corrected chi connectivity index (χ3v) is 21.7. The van der Waals surface area contributed by atoms with E-state index in [0.29, 0.717) is 104 Å². The van der Waals surface area contributed by atoms with Gasteiger partial charge in [0.25, 0.3) is 38.8 Å². The molecule has 14 nitrogen and oxygen atoms in total. The number of aliphatic carboxylic acids is 1. The quantitative estimate of drug-likeness (QED) is 0.0663. The van der Waals surface area contributed by atoms with E-state index in [9.17, 15) is 33.6 Å². The third kappa shape index (κ3) is 30.4. The van der Waals surface area contributed by atoms with Crippen molar-refractivity contribution in [2.45, 2.75) is 269 Å². The monoisotopic (exact) mass is 1300 g/mol. The molecule has 11 aliphatic carbocycles. The fourth-order valence-corrected chi connectivity index (χ4v) is 16.2. The highest BCUT2D eigenvalue weighted by atomic mass is 16.5. The molecule has 530 valence electrons.